The summed E-state index contributed by atoms with van der Waals surface area (Å²) in [6.07, 6.45) is 2.99. The second-order valence-corrected chi connectivity index (χ2v) is 9.17. The van der Waals surface area contributed by atoms with Crippen LogP contribution in [-0.2, 0) is 14.8 Å². The molecule has 0 spiro atoms. The number of benzene rings is 1. The number of carbonyl (C=O) groups excluding carboxylic acids is 2. The van der Waals surface area contributed by atoms with Gasteiger partial charge in [-0.15, -0.1) is 0 Å². The van der Waals surface area contributed by atoms with Crippen molar-refractivity contribution in [2.45, 2.75) is 22.8 Å². The van der Waals surface area contributed by atoms with Crippen LogP contribution >= 0.6 is 11.8 Å². The largest absolute Gasteiger partial charge is 0.272 e. The van der Waals surface area contributed by atoms with E-state index in [9.17, 15) is 22.4 Å². The smallest absolute Gasteiger partial charge is 0.269 e. The Morgan fingerprint density at radius 2 is 1.76 bits per heavy atom. The molecule has 1 aromatic heterocycles. The number of halogens is 1. The number of hydrogen-bond donors (Lipinski definition) is 2. The van der Waals surface area contributed by atoms with Gasteiger partial charge in [-0.25, -0.2) is 17.8 Å². The topological polar surface area (TPSA) is 108 Å². The molecule has 2 N–H and O–H groups in total. The van der Waals surface area contributed by atoms with E-state index in [0.717, 1.165) is 36.7 Å². The molecule has 0 saturated carbocycles. The maximum absolute atomic E-state index is 12.8. The van der Waals surface area contributed by atoms with E-state index < -0.39 is 27.7 Å². The number of nitrogens with one attached hydrogen (secondary N) is 2. The van der Waals surface area contributed by atoms with Crippen LogP contribution in [-0.4, -0.2) is 48.4 Å². The Labute approximate surface area is 171 Å². The predicted molar refractivity (Wildman–Crippen MR) is 105 cm³/mol. The van der Waals surface area contributed by atoms with Crippen molar-refractivity contribution in [3.63, 3.8) is 0 Å². The van der Waals surface area contributed by atoms with Gasteiger partial charge in [0.25, 0.3) is 5.91 Å². The van der Waals surface area contributed by atoms with E-state index in [1.807, 2.05) is 0 Å². The normalized spacial score (nSPS) is 14.5. The number of carbonyl (C=O) groups is 2. The molecule has 1 aliphatic rings. The summed E-state index contributed by atoms with van der Waals surface area (Å²) in [6, 6.07) is 7.90. The lowest BCUT2D eigenvalue weighted by Crippen LogP contribution is -2.42. The van der Waals surface area contributed by atoms with E-state index in [1.165, 1.54) is 34.8 Å². The van der Waals surface area contributed by atoms with Crippen LogP contribution in [0.2, 0.25) is 0 Å². The molecule has 29 heavy (non-hydrogen) atoms. The van der Waals surface area contributed by atoms with E-state index in [-0.39, 0.29) is 16.2 Å². The van der Waals surface area contributed by atoms with E-state index in [1.54, 1.807) is 0 Å². The van der Waals surface area contributed by atoms with Crippen LogP contribution in [0.25, 0.3) is 0 Å². The Balaban J connectivity index is 1.47. The summed E-state index contributed by atoms with van der Waals surface area (Å²) < 4.78 is 39.2. The van der Waals surface area contributed by atoms with Crippen molar-refractivity contribution in [2.24, 2.45) is 0 Å². The summed E-state index contributed by atoms with van der Waals surface area (Å²) in [6.45, 7) is 1.03. The second-order valence-electron chi connectivity index (χ2n) is 6.24. The third kappa shape index (κ3) is 5.52. The number of rotatable bonds is 6. The van der Waals surface area contributed by atoms with E-state index in [2.05, 4.69) is 15.8 Å². The zero-order chi connectivity index (χ0) is 20.9. The summed E-state index contributed by atoms with van der Waals surface area (Å²) >= 11 is 1.10. The highest BCUT2D eigenvalue weighted by atomic mass is 32.2. The molecule has 2 amide bonds. The minimum absolute atomic E-state index is 0.0328. The molecular formula is C18H19FN4O4S2. The van der Waals surface area contributed by atoms with E-state index in [4.69, 9.17) is 0 Å². The van der Waals surface area contributed by atoms with Crippen LogP contribution in [0, 0.1) is 5.82 Å². The van der Waals surface area contributed by atoms with E-state index in [0.29, 0.717) is 18.1 Å². The van der Waals surface area contributed by atoms with Gasteiger partial charge in [0, 0.05) is 24.8 Å². The van der Waals surface area contributed by atoms with E-state index >= 15 is 0 Å². The lowest BCUT2D eigenvalue weighted by Gasteiger charge is -2.15. The molecule has 0 bridgehead atoms. The highest BCUT2D eigenvalue weighted by Crippen LogP contribution is 2.22. The molecule has 8 nitrogen and oxygen atoms in total. The number of nitrogens with zero attached hydrogens (tertiary/aromatic N) is 2. The molecule has 1 aromatic carbocycles. The quantitative estimate of drug-likeness (QED) is 0.523. The minimum atomic E-state index is -3.52. The monoisotopic (exact) mass is 438 g/mol. The Bertz CT molecular complexity index is 976. The predicted octanol–water partition coefficient (Wildman–Crippen LogP) is 1.56. The molecule has 0 atom stereocenters. The average Bonchev–Trinajstić information content (AvgIpc) is 3.27. The van der Waals surface area contributed by atoms with Crippen LogP contribution < -0.4 is 10.9 Å². The molecule has 3 rings (SSSR count). The molecule has 1 aliphatic heterocycles. The summed E-state index contributed by atoms with van der Waals surface area (Å²) in [5.74, 6) is -1.54. The molecule has 2 heterocycles. The van der Waals surface area contributed by atoms with Crippen LogP contribution in [0.4, 0.5) is 4.39 Å². The van der Waals surface area contributed by atoms with Gasteiger partial charge < -0.3 is 0 Å². The molecule has 1 fully saturated rings. The highest BCUT2D eigenvalue weighted by molar-refractivity contribution is 7.99. The zero-order valence-electron chi connectivity index (χ0n) is 15.3. The summed E-state index contributed by atoms with van der Waals surface area (Å²) in [7, 11) is -3.52. The number of pyridine rings is 1. The van der Waals surface area contributed by atoms with Gasteiger partial charge >= 0.3 is 0 Å². The van der Waals surface area contributed by atoms with Gasteiger partial charge in [-0.05, 0) is 49.2 Å². The second kappa shape index (κ2) is 9.33. The third-order valence-corrected chi connectivity index (χ3v) is 7.01. The Morgan fingerprint density at radius 3 is 2.38 bits per heavy atom. The van der Waals surface area contributed by atoms with Crippen molar-refractivity contribution in [3.8, 4) is 0 Å². The number of hydrazine groups is 1. The maximum atomic E-state index is 12.8. The Hall–Kier alpha value is -2.50. The summed E-state index contributed by atoms with van der Waals surface area (Å²) in [5, 5.41) is 0.477. The molecule has 0 unspecified atom stereocenters. The first-order valence-corrected chi connectivity index (χ1v) is 11.2. The van der Waals surface area contributed by atoms with Gasteiger partial charge in [0.15, 0.2) is 0 Å². The van der Waals surface area contributed by atoms with Crippen molar-refractivity contribution < 1.29 is 22.4 Å². The number of amides is 2. The Morgan fingerprint density at radius 1 is 1.07 bits per heavy atom. The van der Waals surface area contributed by atoms with Crippen LogP contribution in [0.3, 0.4) is 0 Å². The zero-order valence-corrected chi connectivity index (χ0v) is 16.9. The number of sulfonamides is 1. The first-order chi connectivity index (χ1) is 13.9. The van der Waals surface area contributed by atoms with Gasteiger partial charge in [0.1, 0.15) is 10.7 Å². The molecule has 11 heteroatoms. The highest BCUT2D eigenvalue weighted by Gasteiger charge is 2.27. The maximum Gasteiger partial charge on any atom is 0.269 e. The summed E-state index contributed by atoms with van der Waals surface area (Å²) in [5.41, 5.74) is 4.69. The number of aromatic nitrogens is 1. The lowest BCUT2D eigenvalue weighted by atomic mass is 10.2. The lowest BCUT2D eigenvalue weighted by molar-refractivity contribution is -0.119. The van der Waals surface area contributed by atoms with Crippen LogP contribution in [0.5, 0.6) is 0 Å². The SMILES string of the molecule is O=C(CSc1ccc(S(=O)(=O)N2CCCC2)cn1)NNC(=O)c1ccc(F)cc1. The van der Waals surface area contributed by atoms with Gasteiger partial charge in [-0.1, -0.05) is 11.8 Å². The first-order valence-electron chi connectivity index (χ1n) is 8.80. The Kier molecular flexibility index (Phi) is 6.83. The summed E-state index contributed by atoms with van der Waals surface area (Å²) in [4.78, 5) is 27.9. The van der Waals surface area contributed by atoms with Gasteiger partial charge in [-0.2, -0.15) is 4.31 Å². The molecular weight excluding hydrogens is 419 g/mol. The first kappa shape index (κ1) is 21.2. The standard InChI is InChI=1S/C18H19FN4O4S2/c19-14-5-3-13(4-6-14)18(25)22-21-16(24)12-28-17-8-7-15(11-20-17)29(26,27)23-9-1-2-10-23/h3-8,11H,1-2,9-10,12H2,(H,21,24)(H,22,25). The molecule has 0 radical (unpaired) electrons. The average molecular weight is 439 g/mol. The van der Waals surface area contributed by atoms with Crippen molar-refractivity contribution in [3.05, 3.63) is 54.0 Å². The van der Waals surface area contributed by atoms with Crippen molar-refractivity contribution in [1.82, 2.24) is 20.1 Å². The fraction of sp³-hybridized carbons (Fsp3) is 0.278. The van der Waals surface area contributed by atoms with Crippen LogP contribution in [0.1, 0.15) is 23.2 Å². The van der Waals surface area contributed by atoms with Crippen molar-refractivity contribution in [2.75, 3.05) is 18.8 Å². The fourth-order valence-electron chi connectivity index (χ4n) is 2.66. The van der Waals surface area contributed by atoms with Gasteiger partial charge in [0.2, 0.25) is 15.9 Å². The molecule has 0 aliphatic carbocycles. The van der Waals surface area contributed by atoms with Crippen molar-refractivity contribution >= 4 is 33.6 Å². The molecule has 2 aromatic rings. The number of thioether (sulfide) groups is 1. The number of hydrogen-bond acceptors (Lipinski definition) is 6. The third-order valence-electron chi connectivity index (χ3n) is 4.19. The fourth-order valence-corrected chi connectivity index (χ4v) is 4.76. The van der Waals surface area contributed by atoms with Crippen LogP contribution in [0.15, 0.2) is 52.5 Å². The van der Waals surface area contributed by atoms with Gasteiger partial charge in [0.05, 0.1) is 10.8 Å². The van der Waals surface area contributed by atoms with Crippen molar-refractivity contribution in [1.29, 1.82) is 0 Å². The molecule has 1 saturated heterocycles. The minimum Gasteiger partial charge on any atom is -0.272 e. The molecule has 154 valence electrons. The van der Waals surface area contributed by atoms with Gasteiger partial charge in [-0.3, -0.25) is 20.4 Å².